The van der Waals surface area contributed by atoms with E-state index < -0.39 is 66.9 Å². The van der Waals surface area contributed by atoms with Crippen molar-refractivity contribution >= 4 is 17.8 Å². The van der Waals surface area contributed by atoms with Gasteiger partial charge in [0.05, 0.1) is 11.8 Å². The fourth-order valence-corrected chi connectivity index (χ4v) is 2.70. The highest BCUT2D eigenvalue weighted by Gasteiger charge is 2.60. The quantitative estimate of drug-likeness (QED) is 0.656. The Kier molecular flexibility index (Phi) is 6.93. The molecule has 29 heavy (non-hydrogen) atoms. The van der Waals surface area contributed by atoms with E-state index in [0.717, 1.165) is 10.8 Å². The van der Waals surface area contributed by atoms with Crippen molar-refractivity contribution in [1.29, 1.82) is 0 Å². The van der Waals surface area contributed by atoms with Crippen LogP contribution in [0.1, 0.15) is 33.9 Å². The topological polar surface area (TPSA) is 123 Å². The van der Waals surface area contributed by atoms with Crippen molar-refractivity contribution in [3.63, 3.8) is 0 Å². The minimum Gasteiger partial charge on any atom is -0.462 e. The van der Waals surface area contributed by atoms with Gasteiger partial charge in [-0.15, -0.1) is 0 Å². The lowest BCUT2D eigenvalue weighted by Crippen LogP contribution is -2.51. The highest BCUT2D eigenvalue weighted by atomic mass is 19.1. The average molecular weight is 417 g/mol. The molecular weight excluding hydrogens is 392 g/mol. The maximum Gasteiger partial charge on any atom is 0.351 e. The van der Waals surface area contributed by atoms with Crippen LogP contribution in [0.4, 0.5) is 14.6 Å². The molecule has 0 radical (unpaired) electrons. The van der Waals surface area contributed by atoms with Crippen molar-refractivity contribution in [2.75, 3.05) is 19.0 Å². The first-order valence-corrected chi connectivity index (χ1v) is 9.12. The highest BCUT2D eigenvalue weighted by Crippen LogP contribution is 2.41. The molecule has 0 amide bonds. The van der Waals surface area contributed by atoms with E-state index in [4.69, 9.17) is 19.9 Å². The minimum atomic E-state index is -2.13. The number of alkyl halides is 2. The zero-order chi connectivity index (χ0) is 21.9. The summed E-state index contributed by atoms with van der Waals surface area (Å²) in [6, 6.07) is 1.24. The van der Waals surface area contributed by atoms with Crippen LogP contribution in [0.3, 0.4) is 0 Å². The molecule has 1 aliphatic rings. The number of hydrogen-bond donors (Lipinski definition) is 1. The predicted octanol–water partition coefficient (Wildman–Crippen LogP) is 1.17. The molecule has 1 saturated heterocycles. The van der Waals surface area contributed by atoms with E-state index in [0.29, 0.717) is 0 Å². The van der Waals surface area contributed by atoms with Crippen LogP contribution >= 0.6 is 0 Å². The summed E-state index contributed by atoms with van der Waals surface area (Å²) in [6.45, 7) is 4.14. The summed E-state index contributed by atoms with van der Waals surface area (Å²) in [5.41, 5.74) is 2.38. The number of anilines is 1. The first kappa shape index (κ1) is 22.7. The van der Waals surface area contributed by atoms with E-state index in [2.05, 4.69) is 4.98 Å². The molecule has 9 nitrogen and oxygen atoms in total. The summed E-state index contributed by atoms with van der Waals surface area (Å²) >= 11 is 0. The van der Waals surface area contributed by atoms with Gasteiger partial charge in [0.1, 0.15) is 19.1 Å². The number of carbonyl (C=O) groups is 2. The fraction of sp³-hybridized carbons (Fsp3) is 0.667. The van der Waals surface area contributed by atoms with Crippen molar-refractivity contribution < 1.29 is 32.6 Å². The first-order valence-electron chi connectivity index (χ1n) is 9.12. The van der Waals surface area contributed by atoms with Crippen LogP contribution in [0.15, 0.2) is 17.1 Å². The molecule has 1 aromatic rings. The Bertz CT molecular complexity index is 815. The van der Waals surface area contributed by atoms with Gasteiger partial charge < -0.3 is 19.9 Å². The lowest BCUT2D eigenvalue weighted by molar-refractivity contribution is -0.185. The van der Waals surface area contributed by atoms with Crippen LogP contribution in [0.25, 0.3) is 0 Å². The second kappa shape index (κ2) is 8.85. The Hall–Kier alpha value is -2.56. The Morgan fingerprint density at radius 1 is 1.31 bits per heavy atom. The molecule has 0 aromatic carbocycles. The van der Waals surface area contributed by atoms with Crippen molar-refractivity contribution in [1.82, 2.24) is 9.55 Å². The highest BCUT2D eigenvalue weighted by molar-refractivity contribution is 5.72. The summed E-state index contributed by atoms with van der Waals surface area (Å²) in [6.07, 6.45) is -4.40. The molecule has 1 fully saturated rings. The van der Waals surface area contributed by atoms with Gasteiger partial charge in [0, 0.05) is 6.20 Å². The second-order valence-electron chi connectivity index (χ2n) is 7.47. The Morgan fingerprint density at radius 2 is 1.93 bits per heavy atom. The third-order valence-electron chi connectivity index (χ3n) is 4.43. The summed E-state index contributed by atoms with van der Waals surface area (Å²) in [4.78, 5) is 39.5. The molecule has 162 valence electrons. The third-order valence-corrected chi connectivity index (χ3v) is 4.43. The van der Waals surface area contributed by atoms with Gasteiger partial charge in [-0.05, 0) is 6.07 Å². The lowest BCUT2D eigenvalue weighted by atomic mass is 9.97. The van der Waals surface area contributed by atoms with Crippen LogP contribution in [0, 0.1) is 11.8 Å². The largest absolute Gasteiger partial charge is 0.462 e. The average Bonchev–Trinajstić information content (AvgIpc) is 2.92. The van der Waals surface area contributed by atoms with Crippen molar-refractivity contribution in [3.8, 4) is 0 Å². The molecule has 2 heterocycles. The lowest BCUT2D eigenvalue weighted by Gasteiger charge is -2.31. The number of ether oxygens (including phenoxy) is 3. The van der Waals surface area contributed by atoms with E-state index >= 15 is 4.39 Å². The van der Waals surface area contributed by atoms with Crippen LogP contribution in [-0.4, -0.2) is 52.6 Å². The van der Waals surface area contributed by atoms with Gasteiger partial charge in [-0.3, -0.25) is 14.2 Å². The molecule has 1 aliphatic heterocycles. The van der Waals surface area contributed by atoms with E-state index in [9.17, 15) is 18.8 Å². The van der Waals surface area contributed by atoms with Gasteiger partial charge in [-0.2, -0.15) is 4.98 Å². The summed E-state index contributed by atoms with van der Waals surface area (Å²) in [5, 5.41) is 0. The molecule has 2 N–H and O–H groups in total. The normalized spacial score (nSPS) is 26.7. The number of esters is 2. The van der Waals surface area contributed by atoms with Crippen molar-refractivity contribution in [3.05, 3.63) is 22.7 Å². The van der Waals surface area contributed by atoms with Crippen LogP contribution in [0.2, 0.25) is 0 Å². The molecular formula is C18H25F2N3O6. The molecule has 4 atom stereocenters. The zero-order valence-electron chi connectivity index (χ0n) is 16.6. The number of halogens is 2. The molecule has 0 aliphatic carbocycles. The van der Waals surface area contributed by atoms with Gasteiger partial charge in [-0.25, -0.2) is 13.6 Å². The van der Waals surface area contributed by atoms with Crippen LogP contribution in [0.5, 0.6) is 0 Å². The SMILES string of the molecule is CC(C)C(=O)OC[C@@]1(CF)O[C@@H](n2ccc(N)nc2=O)[C@H](F)[C@@H]1OC(=O)C(C)C. The maximum atomic E-state index is 15.3. The Morgan fingerprint density at radius 3 is 2.45 bits per heavy atom. The molecule has 2 rings (SSSR count). The number of aromatic nitrogens is 2. The number of hydrogen-bond acceptors (Lipinski definition) is 8. The van der Waals surface area contributed by atoms with Gasteiger partial charge in [-0.1, -0.05) is 27.7 Å². The Balaban J connectivity index is 2.42. The maximum absolute atomic E-state index is 15.3. The standard InChI is InChI=1S/C18H25F2N3O6/c1-9(2)15(24)27-8-18(7-19)13(28-16(25)10(3)4)12(20)14(29-18)23-6-5-11(21)22-17(23)26/h5-6,9-10,12-14H,7-8H2,1-4H3,(H2,21,22,26)/t12-,13+,14-,18-/m1/s1. The first-order chi connectivity index (χ1) is 13.5. The smallest absolute Gasteiger partial charge is 0.351 e. The van der Waals surface area contributed by atoms with Crippen molar-refractivity contribution in [2.45, 2.75) is 51.8 Å². The summed E-state index contributed by atoms with van der Waals surface area (Å²) in [5.74, 6) is -2.70. The third kappa shape index (κ3) is 4.72. The number of rotatable bonds is 7. The minimum absolute atomic E-state index is 0.0925. The molecule has 11 heteroatoms. The summed E-state index contributed by atoms with van der Waals surface area (Å²) in [7, 11) is 0. The van der Waals surface area contributed by atoms with E-state index in [1.807, 2.05) is 0 Å². The van der Waals surface area contributed by atoms with E-state index in [1.54, 1.807) is 13.8 Å². The fourth-order valence-electron chi connectivity index (χ4n) is 2.70. The molecule has 0 spiro atoms. The van der Waals surface area contributed by atoms with E-state index in [-0.39, 0.29) is 5.82 Å². The number of nitrogens with zero attached hydrogens (tertiary/aromatic N) is 2. The van der Waals surface area contributed by atoms with Gasteiger partial charge in [0.15, 0.2) is 24.1 Å². The molecule has 0 bridgehead atoms. The Labute approximate surface area is 166 Å². The monoisotopic (exact) mass is 417 g/mol. The second-order valence-corrected chi connectivity index (χ2v) is 7.47. The van der Waals surface area contributed by atoms with E-state index in [1.165, 1.54) is 19.9 Å². The summed E-state index contributed by atoms with van der Waals surface area (Å²) < 4.78 is 45.9. The molecule has 0 unspecified atom stereocenters. The zero-order valence-corrected chi connectivity index (χ0v) is 16.6. The van der Waals surface area contributed by atoms with Crippen molar-refractivity contribution in [2.24, 2.45) is 11.8 Å². The van der Waals surface area contributed by atoms with Gasteiger partial charge in [0.25, 0.3) is 0 Å². The van der Waals surface area contributed by atoms with Crippen LogP contribution in [-0.2, 0) is 23.8 Å². The number of nitrogens with two attached hydrogens (primary N) is 1. The molecule has 0 saturated carbocycles. The van der Waals surface area contributed by atoms with Gasteiger partial charge in [0.2, 0.25) is 0 Å². The van der Waals surface area contributed by atoms with Crippen LogP contribution < -0.4 is 11.4 Å². The molecule has 1 aromatic heterocycles. The van der Waals surface area contributed by atoms with Gasteiger partial charge >= 0.3 is 17.6 Å². The predicted molar refractivity (Wildman–Crippen MR) is 97.1 cm³/mol. The number of carbonyl (C=O) groups excluding carboxylic acids is 2. The number of nitrogen functional groups attached to an aromatic ring is 1.